The van der Waals surface area contributed by atoms with Gasteiger partial charge in [0.15, 0.2) is 5.82 Å². The van der Waals surface area contributed by atoms with Crippen LogP contribution >= 0.6 is 0 Å². The van der Waals surface area contributed by atoms with Crippen molar-refractivity contribution in [2.45, 2.75) is 18.6 Å². The molecule has 2 rings (SSSR count). The second-order valence-corrected chi connectivity index (χ2v) is 5.19. The SMILES string of the molecule is CN(CCN)c1nc(N2CC(O)CC2C(=O)O)ccc1N. The average molecular weight is 295 g/mol. The van der Waals surface area contributed by atoms with Crippen LogP contribution in [0.1, 0.15) is 6.42 Å². The van der Waals surface area contributed by atoms with Crippen LogP contribution in [0.2, 0.25) is 0 Å². The number of aliphatic hydroxyl groups is 1. The van der Waals surface area contributed by atoms with Crippen molar-refractivity contribution in [3.63, 3.8) is 0 Å². The number of carboxylic acid groups (broad SMARTS) is 1. The summed E-state index contributed by atoms with van der Waals surface area (Å²) in [6, 6.07) is 2.58. The number of likely N-dealkylation sites (N-methyl/N-ethyl adjacent to an activating group) is 1. The second kappa shape index (κ2) is 6.15. The van der Waals surface area contributed by atoms with E-state index in [2.05, 4.69) is 4.98 Å². The molecule has 2 heterocycles. The van der Waals surface area contributed by atoms with Gasteiger partial charge in [-0.15, -0.1) is 0 Å². The van der Waals surface area contributed by atoms with Crippen LogP contribution in [0.25, 0.3) is 0 Å². The molecule has 0 radical (unpaired) electrons. The number of nitrogen functional groups attached to an aromatic ring is 1. The van der Waals surface area contributed by atoms with Gasteiger partial charge in [0, 0.05) is 33.1 Å². The standard InChI is InChI=1S/C13H21N5O3/c1-17(5-4-14)12-9(15)2-3-11(16-12)18-7-8(19)6-10(18)13(20)21/h2-3,8,10,19H,4-7,14-15H2,1H3,(H,20,21). The average Bonchev–Trinajstić information content (AvgIpc) is 2.82. The number of carboxylic acids is 1. The number of anilines is 3. The molecule has 0 bridgehead atoms. The van der Waals surface area contributed by atoms with E-state index in [0.29, 0.717) is 30.4 Å². The lowest BCUT2D eigenvalue weighted by Gasteiger charge is -2.25. The predicted octanol–water partition coefficient (Wildman–Crippen LogP) is -0.917. The van der Waals surface area contributed by atoms with E-state index in [1.165, 1.54) is 0 Å². The van der Waals surface area contributed by atoms with E-state index in [0.717, 1.165) is 0 Å². The third-order valence-corrected chi connectivity index (χ3v) is 3.58. The lowest BCUT2D eigenvalue weighted by Crippen LogP contribution is -2.37. The van der Waals surface area contributed by atoms with Gasteiger partial charge >= 0.3 is 5.97 Å². The van der Waals surface area contributed by atoms with E-state index >= 15 is 0 Å². The van der Waals surface area contributed by atoms with Crippen molar-refractivity contribution in [2.75, 3.05) is 42.2 Å². The molecule has 0 aliphatic carbocycles. The van der Waals surface area contributed by atoms with Gasteiger partial charge in [0.2, 0.25) is 0 Å². The molecule has 8 heteroatoms. The van der Waals surface area contributed by atoms with Crippen LogP contribution in [0.3, 0.4) is 0 Å². The summed E-state index contributed by atoms with van der Waals surface area (Å²) in [6.45, 7) is 1.29. The molecule has 2 atom stereocenters. The third kappa shape index (κ3) is 3.17. The van der Waals surface area contributed by atoms with Gasteiger partial charge in [-0.2, -0.15) is 0 Å². The minimum atomic E-state index is -0.970. The summed E-state index contributed by atoms with van der Waals surface area (Å²) >= 11 is 0. The quantitative estimate of drug-likeness (QED) is 0.549. The van der Waals surface area contributed by atoms with Gasteiger partial charge in [-0.1, -0.05) is 0 Å². The molecule has 0 amide bonds. The molecular formula is C13H21N5O3. The highest BCUT2D eigenvalue weighted by atomic mass is 16.4. The molecule has 1 aromatic heterocycles. The monoisotopic (exact) mass is 295 g/mol. The Morgan fingerprint density at radius 3 is 2.90 bits per heavy atom. The fourth-order valence-corrected chi connectivity index (χ4v) is 2.52. The number of aromatic nitrogens is 1. The minimum Gasteiger partial charge on any atom is -0.480 e. The first-order chi connectivity index (χ1) is 9.93. The zero-order valence-corrected chi connectivity index (χ0v) is 11.9. The number of pyridine rings is 1. The topological polar surface area (TPSA) is 129 Å². The minimum absolute atomic E-state index is 0.190. The molecule has 0 aromatic carbocycles. The number of carbonyl (C=O) groups is 1. The van der Waals surface area contributed by atoms with Crippen LogP contribution in [-0.2, 0) is 4.79 Å². The highest BCUT2D eigenvalue weighted by Crippen LogP contribution is 2.29. The van der Waals surface area contributed by atoms with Crippen LogP contribution in [-0.4, -0.2) is 60.0 Å². The molecule has 116 valence electrons. The van der Waals surface area contributed by atoms with E-state index in [4.69, 9.17) is 11.5 Å². The molecule has 1 saturated heterocycles. The van der Waals surface area contributed by atoms with Crippen molar-refractivity contribution in [1.29, 1.82) is 0 Å². The summed E-state index contributed by atoms with van der Waals surface area (Å²) in [4.78, 5) is 19.1. The van der Waals surface area contributed by atoms with Crippen LogP contribution in [0, 0.1) is 0 Å². The van der Waals surface area contributed by atoms with Gasteiger partial charge < -0.3 is 31.5 Å². The van der Waals surface area contributed by atoms with Gasteiger partial charge in [-0.25, -0.2) is 9.78 Å². The van der Waals surface area contributed by atoms with Gasteiger partial charge in [-0.3, -0.25) is 0 Å². The Bertz CT molecular complexity index is 525. The first-order valence-electron chi connectivity index (χ1n) is 6.79. The van der Waals surface area contributed by atoms with Crippen molar-refractivity contribution < 1.29 is 15.0 Å². The number of aliphatic hydroxyl groups excluding tert-OH is 1. The molecule has 21 heavy (non-hydrogen) atoms. The number of nitrogens with zero attached hydrogens (tertiary/aromatic N) is 3. The zero-order chi connectivity index (χ0) is 15.6. The van der Waals surface area contributed by atoms with Crippen LogP contribution in [0.15, 0.2) is 12.1 Å². The summed E-state index contributed by atoms with van der Waals surface area (Å²) in [5, 5.41) is 19.0. The Kier molecular flexibility index (Phi) is 4.49. The molecule has 0 saturated carbocycles. The third-order valence-electron chi connectivity index (χ3n) is 3.58. The maximum Gasteiger partial charge on any atom is 0.326 e. The number of aliphatic carboxylic acids is 1. The van der Waals surface area contributed by atoms with Crippen molar-refractivity contribution >= 4 is 23.3 Å². The molecule has 1 aliphatic heterocycles. The van der Waals surface area contributed by atoms with Crippen molar-refractivity contribution in [3.8, 4) is 0 Å². The Hall–Kier alpha value is -2.06. The van der Waals surface area contributed by atoms with Crippen LogP contribution < -0.4 is 21.3 Å². The second-order valence-electron chi connectivity index (χ2n) is 5.19. The summed E-state index contributed by atoms with van der Waals surface area (Å²) < 4.78 is 0. The Morgan fingerprint density at radius 1 is 1.57 bits per heavy atom. The summed E-state index contributed by atoms with van der Waals surface area (Å²) in [5.74, 6) is 0.0811. The maximum atomic E-state index is 11.3. The lowest BCUT2D eigenvalue weighted by atomic mass is 10.2. The predicted molar refractivity (Wildman–Crippen MR) is 80.4 cm³/mol. The zero-order valence-electron chi connectivity index (χ0n) is 11.9. The molecule has 1 aliphatic rings. The fourth-order valence-electron chi connectivity index (χ4n) is 2.52. The molecule has 1 fully saturated rings. The molecule has 0 spiro atoms. The summed E-state index contributed by atoms with van der Waals surface area (Å²) in [5.41, 5.74) is 11.9. The van der Waals surface area contributed by atoms with Gasteiger partial charge in [-0.05, 0) is 12.1 Å². The maximum absolute atomic E-state index is 11.3. The number of rotatable bonds is 5. The number of nitrogens with two attached hydrogens (primary N) is 2. The molecular weight excluding hydrogens is 274 g/mol. The number of β-amino-alcohol motifs (C(OH)–C–C–N with tert-alkyl or cyclic N) is 1. The van der Waals surface area contributed by atoms with E-state index < -0.39 is 18.1 Å². The van der Waals surface area contributed by atoms with Gasteiger partial charge in [0.05, 0.1) is 11.8 Å². The number of hydrogen-bond acceptors (Lipinski definition) is 7. The Balaban J connectivity index is 2.31. The normalized spacial score (nSPS) is 21.6. The van der Waals surface area contributed by atoms with Gasteiger partial charge in [0.25, 0.3) is 0 Å². The van der Waals surface area contributed by atoms with E-state index in [9.17, 15) is 15.0 Å². The molecule has 2 unspecified atom stereocenters. The van der Waals surface area contributed by atoms with E-state index in [-0.39, 0.29) is 13.0 Å². The fraction of sp³-hybridized carbons (Fsp3) is 0.538. The molecule has 1 aromatic rings. The first-order valence-corrected chi connectivity index (χ1v) is 6.79. The van der Waals surface area contributed by atoms with Gasteiger partial charge in [0.1, 0.15) is 11.9 Å². The van der Waals surface area contributed by atoms with Crippen LogP contribution in [0.5, 0.6) is 0 Å². The Labute approximate surface area is 123 Å². The number of hydrogen-bond donors (Lipinski definition) is 4. The Morgan fingerprint density at radius 2 is 2.29 bits per heavy atom. The molecule has 6 N–H and O–H groups in total. The van der Waals surface area contributed by atoms with E-state index in [1.54, 1.807) is 17.0 Å². The first kappa shape index (κ1) is 15.3. The lowest BCUT2D eigenvalue weighted by molar-refractivity contribution is -0.138. The highest BCUT2D eigenvalue weighted by Gasteiger charge is 2.37. The molecule has 8 nitrogen and oxygen atoms in total. The van der Waals surface area contributed by atoms with Crippen LogP contribution in [0.4, 0.5) is 17.3 Å². The highest BCUT2D eigenvalue weighted by molar-refractivity contribution is 5.79. The summed E-state index contributed by atoms with van der Waals surface area (Å²) in [7, 11) is 1.82. The van der Waals surface area contributed by atoms with Crippen molar-refractivity contribution in [3.05, 3.63) is 12.1 Å². The van der Waals surface area contributed by atoms with Crippen molar-refractivity contribution in [1.82, 2.24) is 4.98 Å². The largest absolute Gasteiger partial charge is 0.480 e. The smallest absolute Gasteiger partial charge is 0.326 e. The van der Waals surface area contributed by atoms with Crippen molar-refractivity contribution in [2.24, 2.45) is 5.73 Å². The van der Waals surface area contributed by atoms with E-state index in [1.807, 2.05) is 11.9 Å². The summed E-state index contributed by atoms with van der Waals surface area (Å²) in [6.07, 6.45) is -0.481.